The monoisotopic (exact) mass is 414 g/mol. The van der Waals surface area contributed by atoms with Gasteiger partial charge in [0.05, 0.1) is 0 Å². The minimum Gasteiger partial charge on any atom is -0.0805 e. The molecule has 31 heavy (non-hydrogen) atoms. The van der Waals surface area contributed by atoms with Crippen LogP contribution < -0.4 is 0 Å². The van der Waals surface area contributed by atoms with Gasteiger partial charge < -0.3 is 0 Å². The number of rotatable bonds is 3. The molecule has 6 atom stereocenters. The van der Waals surface area contributed by atoms with Crippen molar-refractivity contribution in [2.45, 2.75) is 65.2 Å². The highest BCUT2D eigenvalue weighted by molar-refractivity contribution is 5.29. The molecule has 0 saturated heterocycles. The second-order valence-electron chi connectivity index (χ2n) is 13.5. The molecule has 8 rings (SSSR count). The molecule has 4 bridgehead atoms. The van der Waals surface area contributed by atoms with E-state index in [4.69, 9.17) is 0 Å². The summed E-state index contributed by atoms with van der Waals surface area (Å²) in [7, 11) is 0. The summed E-state index contributed by atoms with van der Waals surface area (Å²) < 4.78 is 0. The first-order valence-electron chi connectivity index (χ1n) is 13.8. The fourth-order valence-electron chi connectivity index (χ4n) is 11.1. The molecule has 0 spiro atoms. The Morgan fingerprint density at radius 2 is 1.06 bits per heavy atom. The second kappa shape index (κ2) is 6.98. The number of allylic oxidation sites excluding steroid dienone is 8. The lowest BCUT2D eigenvalue weighted by Gasteiger charge is -2.56. The molecule has 166 valence electrons. The molecular formula is C31H42. The van der Waals surface area contributed by atoms with Crippen LogP contribution in [0.2, 0.25) is 0 Å². The van der Waals surface area contributed by atoms with Crippen molar-refractivity contribution in [1.29, 1.82) is 0 Å². The van der Waals surface area contributed by atoms with Crippen molar-refractivity contribution in [2.24, 2.45) is 76.4 Å². The molecule has 8 aliphatic carbocycles. The first-order valence-corrected chi connectivity index (χ1v) is 13.8. The van der Waals surface area contributed by atoms with Gasteiger partial charge in [-0.25, -0.2) is 0 Å². The highest BCUT2D eigenvalue weighted by Crippen LogP contribution is 2.64. The van der Waals surface area contributed by atoms with Crippen molar-refractivity contribution < 1.29 is 0 Å². The Kier molecular flexibility index (Phi) is 4.37. The molecule has 5 unspecified atom stereocenters. The van der Waals surface area contributed by atoms with Gasteiger partial charge in [-0.3, -0.25) is 0 Å². The number of hydrogen-bond donors (Lipinski definition) is 0. The third-order valence-electron chi connectivity index (χ3n) is 11.9. The van der Waals surface area contributed by atoms with E-state index in [1.807, 2.05) is 0 Å². The largest absolute Gasteiger partial charge is 0.0805 e. The Morgan fingerprint density at radius 3 is 1.61 bits per heavy atom. The zero-order valence-corrected chi connectivity index (χ0v) is 19.7. The predicted octanol–water partition coefficient (Wildman–Crippen LogP) is 7.85. The molecule has 6 saturated carbocycles. The normalized spacial score (nSPS) is 53.9. The maximum absolute atomic E-state index is 2.68. The first kappa shape index (κ1) is 19.4. The van der Waals surface area contributed by atoms with Gasteiger partial charge in [0.2, 0.25) is 0 Å². The van der Waals surface area contributed by atoms with E-state index in [2.05, 4.69) is 62.5 Å². The van der Waals surface area contributed by atoms with Crippen LogP contribution >= 0.6 is 0 Å². The van der Waals surface area contributed by atoms with Crippen LogP contribution in [-0.2, 0) is 0 Å². The van der Waals surface area contributed by atoms with Crippen molar-refractivity contribution in [3.05, 3.63) is 48.6 Å². The Labute approximate surface area is 190 Å². The third-order valence-corrected chi connectivity index (χ3v) is 11.9. The summed E-state index contributed by atoms with van der Waals surface area (Å²) >= 11 is 0. The van der Waals surface area contributed by atoms with Crippen molar-refractivity contribution in [2.75, 3.05) is 0 Å². The van der Waals surface area contributed by atoms with Gasteiger partial charge in [-0.05, 0) is 128 Å². The average molecular weight is 415 g/mol. The van der Waals surface area contributed by atoms with E-state index < -0.39 is 0 Å². The van der Waals surface area contributed by atoms with Gasteiger partial charge in [0.25, 0.3) is 0 Å². The average Bonchev–Trinajstić information content (AvgIpc) is 3.37. The van der Waals surface area contributed by atoms with E-state index in [-0.39, 0.29) is 0 Å². The summed E-state index contributed by atoms with van der Waals surface area (Å²) in [6.45, 7) is 5.36. The van der Waals surface area contributed by atoms with Crippen LogP contribution in [0.4, 0.5) is 0 Å². The summed E-state index contributed by atoms with van der Waals surface area (Å²) in [5, 5.41) is 0. The van der Waals surface area contributed by atoms with E-state index in [1.165, 1.54) is 6.42 Å². The number of fused-ring (bicyclic) bond motifs is 3. The molecule has 0 heterocycles. The Bertz CT molecular complexity index is 774. The van der Waals surface area contributed by atoms with Crippen LogP contribution in [0.1, 0.15) is 65.2 Å². The SMILES string of the molecule is CC(C)(C1CC[C@@H](C2C3CC4CC(C3)CC2C4)C1)C1C2C=CC=CC2C2C=CC=CC21. The van der Waals surface area contributed by atoms with Gasteiger partial charge in [-0.1, -0.05) is 62.5 Å². The lowest BCUT2D eigenvalue weighted by molar-refractivity contribution is -0.0627. The molecule has 0 aromatic heterocycles. The zero-order valence-electron chi connectivity index (χ0n) is 19.7. The van der Waals surface area contributed by atoms with Gasteiger partial charge in [0.15, 0.2) is 0 Å². The minimum atomic E-state index is 0.439. The Hall–Kier alpha value is -1.04. The Morgan fingerprint density at radius 1 is 0.548 bits per heavy atom. The van der Waals surface area contributed by atoms with E-state index in [1.54, 1.807) is 44.9 Å². The molecule has 8 aliphatic rings. The third kappa shape index (κ3) is 2.85. The summed E-state index contributed by atoms with van der Waals surface area (Å²) in [5.74, 6) is 11.3. The van der Waals surface area contributed by atoms with Crippen LogP contribution in [0, 0.1) is 76.4 Å². The molecule has 0 nitrogen and oxygen atoms in total. The van der Waals surface area contributed by atoms with Gasteiger partial charge in [0.1, 0.15) is 0 Å². The first-order chi connectivity index (χ1) is 15.1. The van der Waals surface area contributed by atoms with Crippen molar-refractivity contribution in [1.82, 2.24) is 0 Å². The van der Waals surface area contributed by atoms with Crippen LogP contribution in [-0.4, -0.2) is 0 Å². The molecule has 6 fully saturated rings. The van der Waals surface area contributed by atoms with E-state index >= 15 is 0 Å². The summed E-state index contributed by atoms with van der Waals surface area (Å²) in [5.41, 5.74) is 0.439. The van der Waals surface area contributed by atoms with Crippen LogP contribution in [0.15, 0.2) is 48.6 Å². The minimum absolute atomic E-state index is 0.439. The molecule has 0 aromatic rings. The lowest BCUT2D eigenvalue weighted by atomic mass is 9.49. The van der Waals surface area contributed by atoms with Gasteiger partial charge in [-0.2, -0.15) is 0 Å². The standard InChI is InChI=1S/C31H42/c1-31(2,30-27-9-5-3-7-25(27)26-8-4-6-10-28(26)30)24-12-11-21(18-24)29-22-14-19-13-20(16-22)17-23(29)15-19/h3-10,19-30H,11-18H2,1-2H3/t19?,20?,21-,22?,23?,24?,25?,26?,27?,28?,29?,30?/m1/s1. The Balaban J connectivity index is 1.13. The molecule has 0 aliphatic heterocycles. The fraction of sp³-hybridized carbons (Fsp3) is 0.742. The lowest BCUT2D eigenvalue weighted by Crippen LogP contribution is -2.47. The van der Waals surface area contributed by atoms with Crippen molar-refractivity contribution in [3.63, 3.8) is 0 Å². The molecular weight excluding hydrogens is 372 g/mol. The van der Waals surface area contributed by atoms with Crippen LogP contribution in [0.25, 0.3) is 0 Å². The van der Waals surface area contributed by atoms with Gasteiger partial charge in [0, 0.05) is 0 Å². The van der Waals surface area contributed by atoms with Crippen molar-refractivity contribution >= 4 is 0 Å². The molecule has 0 N–H and O–H groups in total. The number of hydrogen-bond acceptors (Lipinski definition) is 0. The quantitative estimate of drug-likeness (QED) is 0.441. The summed E-state index contributed by atoms with van der Waals surface area (Å²) in [4.78, 5) is 0. The van der Waals surface area contributed by atoms with Gasteiger partial charge in [-0.15, -0.1) is 0 Å². The molecule has 0 aromatic carbocycles. The molecule has 0 radical (unpaired) electrons. The fourth-order valence-corrected chi connectivity index (χ4v) is 11.1. The topological polar surface area (TPSA) is 0 Å². The highest BCUT2D eigenvalue weighted by atomic mass is 14.6. The smallest absolute Gasteiger partial charge is 0.00954 e. The second-order valence-corrected chi connectivity index (χ2v) is 13.5. The van der Waals surface area contributed by atoms with E-state index in [9.17, 15) is 0 Å². The summed E-state index contributed by atoms with van der Waals surface area (Å²) in [6, 6.07) is 0. The van der Waals surface area contributed by atoms with Gasteiger partial charge >= 0.3 is 0 Å². The highest BCUT2D eigenvalue weighted by Gasteiger charge is 2.57. The maximum atomic E-state index is 2.68. The van der Waals surface area contributed by atoms with Crippen molar-refractivity contribution in [3.8, 4) is 0 Å². The van der Waals surface area contributed by atoms with E-state index in [0.29, 0.717) is 5.41 Å². The zero-order chi connectivity index (χ0) is 20.7. The summed E-state index contributed by atoms with van der Waals surface area (Å²) in [6.07, 6.45) is 32.2. The van der Waals surface area contributed by atoms with E-state index in [0.717, 1.165) is 71.0 Å². The maximum Gasteiger partial charge on any atom is -0.00954 e. The molecule has 0 heteroatoms. The molecule has 0 amide bonds. The van der Waals surface area contributed by atoms with Crippen LogP contribution in [0.3, 0.4) is 0 Å². The predicted molar refractivity (Wildman–Crippen MR) is 129 cm³/mol. The van der Waals surface area contributed by atoms with Crippen LogP contribution in [0.5, 0.6) is 0 Å².